The zero-order valence-electron chi connectivity index (χ0n) is 11.2. The quantitative estimate of drug-likeness (QED) is 0.691. The molecule has 1 fully saturated rings. The van der Waals surface area contributed by atoms with E-state index in [1.54, 1.807) is 0 Å². The van der Waals surface area contributed by atoms with Crippen LogP contribution in [0.4, 0.5) is 0 Å². The van der Waals surface area contributed by atoms with Gasteiger partial charge >= 0.3 is 0 Å². The molecule has 1 aromatic rings. The SMILES string of the molecule is CCC1OCCC1C(Br)c1cc(C)c(Cl)cc1C. The first-order valence-electron chi connectivity index (χ1n) is 6.57. The van der Waals surface area contributed by atoms with E-state index in [0.717, 1.165) is 30.0 Å². The molecule has 1 heterocycles. The van der Waals surface area contributed by atoms with Gasteiger partial charge in [-0.1, -0.05) is 40.5 Å². The zero-order valence-corrected chi connectivity index (χ0v) is 13.5. The summed E-state index contributed by atoms with van der Waals surface area (Å²) in [5.41, 5.74) is 3.76. The molecule has 0 aromatic heterocycles. The number of benzene rings is 1. The van der Waals surface area contributed by atoms with Gasteiger partial charge in [-0.15, -0.1) is 0 Å². The maximum absolute atomic E-state index is 6.17. The number of alkyl halides is 1. The van der Waals surface area contributed by atoms with E-state index >= 15 is 0 Å². The monoisotopic (exact) mass is 330 g/mol. The Bertz CT molecular complexity index is 433. The smallest absolute Gasteiger partial charge is 0.0615 e. The van der Waals surface area contributed by atoms with Crippen molar-refractivity contribution in [2.45, 2.75) is 44.5 Å². The van der Waals surface area contributed by atoms with E-state index in [9.17, 15) is 0 Å². The Morgan fingerprint density at radius 1 is 1.39 bits per heavy atom. The van der Waals surface area contributed by atoms with Gasteiger partial charge in [-0.2, -0.15) is 0 Å². The summed E-state index contributed by atoms with van der Waals surface area (Å²) in [4.78, 5) is 0.362. The summed E-state index contributed by atoms with van der Waals surface area (Å²) in [6, 6.07) is 4.28. The second-order valence-electron chi connectivity index (χ2n) is 5.13. The van der Waals surface area contributed by atoms with Crippen LogP contribution in [0.2, 0.25) is 5.02 Å². The minimum atomic E-state index is 0.362. The van der Waals surface area contributed by atoms with E-state index in [4.69, 9.17) is 16.3 Å². The number of halogens is 2. The average Bonchev–Trinajstić information content (AvgIpc) is 2.81. The van der Waals surface area contributed by atoms with Crippen LogP contribution < -0.4 is 0 Å². The van der Waals surface area contributed by atoms with E-state index in [2.05, 4.69) is 48.8 Å². The van der Waals surface area contributed by atoms with Crippen LogP contribution in [0.25, 0.3) is 0 Å². The molecule has 1 aliphatic rings. The van der Waals surface area contributed by atoms with Crippen molar-refractivity contribution in [2.24, 2.45) is 5.92 Å². The topological polar surface area (TPSA) is 9.23 Å². The highest BCUT2D eigenvalue weighted by Crippen LogP contribution is 2.42. The van der Waals surface area contributed by atoms with Crippen LogP contribution in [0.15, 0.2) is 12.1 Å². The minimum absolute atomic E-state index is 0.362. The first-order chi connectivity index (χ1) is 8.54. The van der Waals surface area contributed by atoms with Crippen molar-refractivity contribution in [3.8, 4) is 0 Å². The molecule has 1 aliphatic heterocycles. The highest BCUT2D eigenvalue weighted by molar-refractivity contribution is 9.09. The van der Waals surface area contributed by atoms with Crippen molar-refractivity contribution < 1.29 is 4.74 Å². The number of hydrogen-bond donors (Lipinski definition) is 0. The molecule has 3 heteroatoms. The van der Waals surface area contributed by atoms with E-state index in [1.807, 2.05) is 0 Å². The molecule has 0 saturated carbocycles. The van der Waals surface area contributed by atoms with Crippen LogP contribution in [0.5, 0.6) is 0 Å². The van der Waals surface area contributed by atoms with Crippen molar-refractivity contribution in [1.29, 1.82) is 0 Å². The van der Waals surface area contributed by atoms with Crippen LogP contribution >= 0.6 is 27.5 Å². The van der Waals surface area contributed by atoms with Crippen LogP contribution in [0, 0.1) is 19.8 Å². The van der Waals surface area contributed by atoms with Gasteiger partial charge in [-0.25, -0.2) is 0 Å². The molecule has 2 rings (SSSR count). The molecule has 0 radical (unpaired) electrons. The molecule has 100 valence electrons. The Balaban J connectivity index is 2.28. The standard InChI is InChI=1S/C15H20BrClO/c1-4-14-11(5-6-18-14)15(16)12-7-10(3)13(17)8-9(12)2/h7-8,11,14-15H,4-6H2,1-3H3. The van der Waals surface area contributed by atoms with Gasteiger partial charge in [0.1, 0.15) is 0 Å². The van der Waals surface area contributed by atoms with E-state index in [-0.39, 0.29) is 0 Å². The van der Waals surface area contributed by atoms with Gasteiger partial charge < -0.3 is 4.74 Å². The van der Waals surface area contributed by atoms with Gasteiger partial charge in [-0.3, -0.25) is 0 Å². The lowest BCUT2D eigenvalue weighted by molar-refractivity contribution is 0.0872. The van der Waals surface area contributed by atoms with Gasteiger partial charge in [-0.05, 0) is 49.4 Å². The lowest BCUT2D eigenvalue weighted by Crippen LogP contribution is -2.19. The Kier molecular flexibility index (Phi) is 4.74. The third kappa shape index (κ3) is 2.76. The third-order valence-electron chi connectivity index (χ3n) is 3.88. The van der Waals surface area contributed by atoms with Crippen LogP contribution in [-0.2, 0) is 4.74 Å². The van der Waals surface area contributed by atoms with Gasteiger partial charge in [0.2, 0.25) is 0 Å². The van der Waals surface area contributed by atoms with E-state index < -0.39 is 0 Å². The molecular formula is C15H20BrClO. The number of ether oxygens (including phenoxy) is 1. The predicted octanol–water partition coefficient (Wildman–Crippen LogP) is 5.21. The summed E-state index contributed by atoms with van der Waals surface area (Å²) in [5.74, 6) is 0.564. The second-order valence-corrected chi connectivity index (χ2v) is 6.52. The fourth-order valence-electron chi connectivity index (χ4n) is 2.75. The highest BCUT2D eigenvalue weighted by Gasteiger charge is 2.33. The second kappa shape index (κ2) is 5.94. The summed E-state index contributed by atoms with van der Waals surface area (Å²) >= 11 is 10.0. The van der Waals surface area contributed by atoms with Gasteiger partial charge in [0, 0.05) is 22.4 Å². The van der Waals surface area contributed by atoms with Gasteiger partial charge in [0.05, 0.1) is 6.10 Å². The molecule has 3 unspecified atom stereocenters. The lowest BCUT2D eigenvalue weighted by Gasteiger charge is -2.24. The fraction of sp³-hybridized carbons (Fsp3) is 0.600. The first-order valence-corrected chi connectivity index (χ1v) is 7.86. The molecule has 0 N–H and O–H groups in total. The fourth-order valence-corrected chi connectivity index (χ4v) is 4.07. The third-order valence-corrected chi connectivity index (χ3v) is 5.46. The Labute approximate surface area is 123 Å². The Morgan fingerprint density at radius 3 is 2.78 bits per heavy atom. The minimum Gasteiger partial charge on any atom is -0.378 e. The summed E-state index contributed by atoms with van der Waals surface area (Å²) < 4.78 is 5.80. The first kappa shape index (κ1) is 14.4. The normalized spacial score (nSPS) is 25.4. The Hall–Kier alpha value is -0.0500. The van der Waals surface area contributed by atoms with Crippen LogP contribution in [-0.4, -0.2) is 12.7 Å². The molecule has 18 heavy (non-hydrogen) atoms. The molecule has 0 amide bonds. The van der Waals surface area contributed by atoms with Crippen LogP contribution in [0.1, 0.15) is 41.3 Å². The molecule has 0 bridgehead atoms. The average molecular weight is 332 g/mol. The number of rotatable bonds is 3. The zero-order chi connectivity index (χ0) is 13.3. The molecule has 1 aromatic carbocycles. The number of hydrogen-bond acceptors (Lipinski definition) is 1. The van der Waals surface area contributed by atoms with Crippen molar-refractivity contribution in [1.82, 2.24) is 0 Å². The molecule has 1 nitrogen and oxygen atoms in total. The van der Waals surface area contributed by atoms with Crippen molar-refractivity contribution in [3.63, 3.8) is 0 Å². The number of aryl methyl sites for hydroxylation is 2. The maximum Gasteiger partial charge on any atom is 0.0615 e. The van der Waals surface area contributed by atoms with Crippen molar-refractivity contribution >= 4 is 27.5 Å². The molecule has 3 atom stereocenters. The van der Waals surface area contributed by atoms with E-state index in [0.29, 0.717) is 16.8 Å². The van der Waals surface area contributed by atoms with Crippen molar-refractivity contribution in [3.05, 3.63) is 33.8 Å². The predicted molar refractivity (Wildman–Crippen MR) is 80.7 cm³/mol. The summed E-state index contributed by atoms with van der Waals surface area (Å²) in [7, 11) is 0. The van der Waals surface area contributed by atoms with Gasteiger partial charge in [0.15, 0.2) is 0 Å². The summed E-state index contributed by atoms with van der Waals surface area (Å²) in [6.07, 6.45) is 2.60. The maximum atomic E-state index is 6.17. The Morgan fingerprint density at radius 2 is 2.11 bits per heavy atom. The highest BCUT2D eigenvalue weighted by atomic mass is 79.9. The molecular weight excluding hydrogens is 312 g/mol. The molecule has 0 spiro atoms. The van der Waals surface area contributed by atoms with E-state index in [1.165, 1.54) is 11.1 Å². The molecule has 0 aliphatic carbocycles. The lowest BCUT2D eigenvalue weighted by atomic mass is 9.89. The summed E-state index contributed by atoms with van der Waals surface area (Å²) in [5, 5.41) is 0.852. The van der Waals surface area contributed by atoms with Crippen molar-refractivity contribution in [2.75, 3.05) is 6.61 Å². The van der Waals surface area contributed by atoms with Gasteiger partial charge in [0.25, 0.3) is 0 Å². The largest absolute Gasteiger partial charge is 0.378 e. The summed E-state index contributed by atoms with van der Waals surface area (Å²) in [6.45, 7) is 7.28. The van der Waals surface area contributed by atoms with Crippen LogP contribution in [0.3, 0.4) is 0 Å². The molecule has 1 saturated heterocycles.